The zero-order chi connectivity index (χ0) is 44.6. The quantitative estimate of drug-likeness (QED) is 0.0272. The van der Waals surface area contributed by atoms with Crippen LogP contribution in [0.1, 0.15) is 194 Å². The smallest absolute Gasteiger partial charge is 0.387 e. The first-order chi connectivity index (χ1) is 29.9. The topological polar surface area (TPSA) is 131 Å². The maximum absolute atomic E-state index is 12.8. The van der Waals surface area contributed by atoms with Crippen molar-refractivity contribution in [3.05, 3.63) is 97.2 Å². The van der Waals surface area contributed by atoms with E-state index in [2.05, 4.69) is 104 Å². The molecule has 8 nitrogen and oxygen atoms in total. The van der Waals surface area contributed by atoms with E-state index in [1.165, 1.54) is 96.3 Å². The molecule has 0 aromatic rings. The number of aliphatic hydroxyl groups is 1. The average molecular weight is 871 g/mol. The van der Waals surface area contributed by atoms with E-state index in [0.29, 0.717) is 6.42 Å². The molecule has 0 spiro atoms. The Kier molecular flexibility index (Phi) is 44.9. The standard InChI is InChI=1S/C52H91N2O6P/c1-3-5-7-9-11-13-15-17-19-21-23-25-27-29-31-33-35-37-39-41-43-45-51(55)50(49-60-61(57,58)59-48-47-53)54-52(56)46-44-42-40-38-36-34-32-30-28-26-24-22-20-18-16-14-12-10-8-6-4-2/h6,8,12,14,18,20,24,26,30,32,35-38,43,45,50-51,55H,3-5,7,9-11,13,15-17,19,21-23,25,27-29,31,33-34,39-42,44,46-49,53H2,1-2H3,(H,54,56)(H,57,58)/b8-6-,14-12-,20-18-,26-24-,32-30-,37-35+,38-36-,45-43+. The minimum Gasteiger partial charge on any atom is -0.387 e. The van der Waals surface area contributed by atoms with Gasteiger partial charge >= 0.3 is 7.82 Å². The van der Waals surface area contributed by atoms with Crippen LogP contribution >= 0.6 is 7.82 Å². The van der Waals surface area contributed by atoms with Crippen LogP contribution in [0.3, 0.4) is 0 Å². The molecule has 0 radical (unpaired) electrons. The molecular formula is C52H91N2O6P. The maximum Gasteiger partial charge on any atom is 0.472 e. The number of amides is 1. The number of nitrogens with one attached hydrogen (secondary N) is 1. The Morgan fingerprint density at radius 1 is 0.557 bits per heavy atom. The van der Waals surface area contributed by atoms with Gasteiger partial charge in [0.2, 0.25) is 5.91 Å². The van der Waals surface area contributed by atoms with Crippen molar-refractivity contribution in [1.82, 2.24) is 5.32 Å². The van der Waals surface area contributed by atoms with Gasteiger partial charge in [0, 0.05) is 13.0 Å². The second-order valence-corrected chi connectivity index (χ2v) is 17.4. The van der Waals surface area contributed by atoms with Gasteiger partial charge in [0.05, 0.1) is 25.4 Å². The zero-order valence-corrected chi connectivity index (χ0v) is 39.8. The van der Waals surface area contributed by atoms with Crippen molar-refractivity contribution in [3.63, 3.8) is 0 Å². The Balaban J connectivity index is 4.30. The number of carbonyl (C=O) groups excluding carboxylic acids is 1. The van der Waals surface area contributed by atoms with Gasteiger partial charge in [-0.2, -0.15) is 0 Å². The summed E-state index contributed by atoms with van der Waals surface area (Å²) in [5.41, 5.74) is 5.38. The van der Waals surface area contributed by atoms with Gasteiger partial charge in [-0.15, -0.1) is 0 Å². The van der Waals surface area contributed by atoms with Crippen LogP contribution in [0.2, 0.25) is 0 Å². The van der Waals surface area contributed by atoms with Crippen LogP contribution in [0.15, 0.2) is 97.2 Å². The highest BCUT2D eigenvalue weighted by Crippen LogP contribution is 2.43. The van der Waals surface area contributed by atoms with E-state index in [-0.39, 0.29) is 32.1 Å². The summed E-state index contributed by atoms with van der Waals surface area (Å²) in [6.07, 6.45) is 64.7. The summed E-state index contributed by atoms with van der Waals surface area (Å²) in [6.45, 7) is 3.96. The lowest BCUT2D eigenvalue weighted by atomic mass is 10.0. The SMILES string of the molecule is CC/C=C\C/C=C\C/C=C\C/C=C\C/C=C\C/C=C\CCCCC(=O)NC(COP(=O)(O)OCCN)C(O)/C=C/CC/C=C/CCCCCCCCCCCCCCCCC. The van der Waals surface area contributed by atoms with E-state index in [9.17, 15) is 19.4 Å². The molecule has 0 saturated carbocycles. The number of allylic oxidation sites excluding steroid dienone is 15. The van der Waals surface area contributed by atoms with Crippen molar-refractivity contribution < 1.29 is 28.4 Å². The van der Waals surface area contributed by atoms with Crippen LogP contribution in [-0.2, 0) is 18.4 Å². The van der Waals surface area contributed by atoms with Gasteiger partial charge in [-0.05, 0) is 83.5 Å². The number of hydrogen-bond donors (Lipinski definition) is 4. The fourth-order valence-corrected chi connectivity index (χ4v) is 7.26. The molecule has 1 amide bonds. The van der Waals surface area contributed by atoms with E-state index in [4.69, 9.17) is 14.8 Å². The number of carbonyl (C=O) groups is 1. The molecule has 0 heterocycles. The molecule has 5 N–H and O–H groups in total. The highest BCUT2D eigenvalue weighted by molar-refractivity contribution is 7.47. The van der Waals surface area contributed by atoms with Gasteiger partial charge in [-0.3, -0.25) is 13.8 Å². The number of hydrogen-bond acceptors (Lipinski definition) is 6. The van der Waals surface area contributed by atoms with Gasteiger partial charge < -0.3 is 21.1 Å². The van der Waals surface area contributed by atoms with Crippen LogP contribution in [0, 0.1) is 0 Å². The van der Waals surface area contributed by atoms with Crippen LogP contribution < -0.4 is 11.1 Å². The molecule has 0 bridgehead atoms. The molecule has 0 saturated heterocycles. The summed E-state index contributed by atoms with van der Waals surface area (Å²) in [7, 11) is -4.37. The van der Waals surface area contributed by atoms with E-state index < -0.39 is 20.0 Å². The highest BCUT2D eigenvalue weighted by Gasteiger charge is 2.26. The lowest BCUT2D eigenvalue weighted by molar-refractivity contribution is -0.123. The molecule has 3 unspecified atom stereocenters. The highest BCUT2D eigenvalue weighted by atomic mass is 31.2. The molecule has 0 fully saturated rings. The van der Waals surface area contributed by atoms with Crippen molar-refractivity contribution >= 4 is 13.7 Å². The Morgan fingerprint density at radius 2 is 0.967 bits per heavy atom. The predicted molar refractivity (Wildman–Crippen MR) is 262 cm³/mol. The van der Waals surface area contributed by atoms with Crippen LogP contribution in [0.25, 0.3) is 0 Å². The van der Waals surface area contributed by atoms with E-state index in [1.54, 1.807) is 6.08 Å². The lowest BCUT2D eigenvalue weighted by Crippen LogP contribution is -2.45. The van der Waals surface area contributed by atoms with E-state index in [1.807, 2.05) is 6.08 Å². The molecule has 0 aromatic heterocycles. The van der Waals surface area contributed by atoms with Crippen molar-refractivity contribution in [2.24, 2.45) is 5.73 Å². The first-order valence-corrected chi connectivity index (χ1v) is 25.9. The normalized spacial score (nSPS) is 14.8. The van der Waals surface area contributed by atoms with E-state index in [0.717, 1.165) is 70.6 Å². The van der Waals surface area contributed by atoms with Crippen molar-refractivity contribution in [1.29, 1.82) is 0 Å². The molecule has 61 heavy (non-hydrogen) atoms. The van der Waals surface area contributed by atoms with Crippen LogP contribution in [0.5, 0.6) is 0 Å². The maximum atomic E-state index is 12.8. The van der Waals surface area contributed by atoms with Crippen molar-refractivity contribution in [2.75, 3.05) is 19.8 Å². The molecule has 0 aromatic carbocycles. The molecule has 3 atom stereocenters. The third-order valence-electron chi connectivity index (χ3n) is 10.1. The third kappa shape index (κ3) is 45.3. The van der Waals surface area contributed by atoms with E-state index >= 15 is 0 Å². The number of phosphoric ester groups is 1. The summed E-state index contributed by atoms with van der Waals surface area (Å²) in [5.74, 6) is -0.249. The monoisotopic (exact) mass is 871 g/mol. The Hall–Kier alpha value is -2.58. The second-order valence-electron chi connectivity index (χ2n) is 15.9. The van der Waals surface area contributed by atoms with Crippen LogP contribution in [0.4, 0.5) is 0 Å². The fourth-order valence-electron chi connectivity index (χ4n) is 6.50. The number of unbranched alkanes of at least 4 members (excludes halogenated alkanes) is 18. The summed E-state index contributed by atoms with van der Waals surface area (Å²) in [5, 5.41) is 13.7. The van der Waals surface area contributed by atoms with Crippen LogP contribution in [-0.4, -0.2) is 47.8 Å². The Labute approximate surface area is 374 Å². The Bertz CT molecular complexity index is 1270. The van der Waals surface area contributed by atoms with Gasteiger partial charge in [0.1, 0.15) is 0 Å². The average Bonchev–Trinajstić information content (AvgIpc) is 3.25. The first-order valence-electron chi connectivity index (χ1n) is 24.4. The molecule has 0 rings (SSSR count). The fraction of sp³-hybridized carbons (Fsp3) is 0.673. The minimum atomic E-state index is -4.37. The molecule has 9 heteroatoms. The zero-order valence-electron chi connectivity index (χ0n) is 38.9. The lowest BCUT2D eigenvalue weighted by Gasteiger charge is -2.23. The summed E-state index contributed by atoms with van der Waals surface area (Å²) in [6, 6.07) is -0.908. The molecule has 0 aliphatic carbocycles. The minimum absolute atomic E-state index is 0.0614. The number of nitrogens with two attached hydrogens (primary N) is 1. The molecule has 0 aliphatic rings. The van der Waals surface area contributed by atoms with Gasteiger partial charge in [-0.1, -0.05) is 201 Å². The third-order valence-corrected chi connectivity index (χ3v) is 11.1. The number of phosphoric acid groups is 1. The molecular weight excluding hydrogens is 780 g/mol. The number of aliphatic hydroxyl groups excluding tert-OH is 1. The molecule has 0 aliphatic heterocycles. The summed E-state index contributed by atoms with van der Waals surface area (Å²) in [4.78, 5) is 22.8. The first kappa shape index (κ1) is 58.4. The van der Waals surface area contributed by atoms with Gasteiger partial charge in [0.15, 0.2) is 0 Å². The molecule has 350 valence electrons. The van der Waals surface area contributed by atoms with Gasteiger partial charge in [0.25, 0.3) is 0 Å². The summed E-state index contributed by atoms with van der Waals surface area (Å²) < 4.78 is 22.2. The largest absolute Gasteiger partial charge is 0.472 e. The Morgan fingerprint density at radius 3 is 1.46 bits per heavy atom. The summed E-state index contributed by atoms with van der Waals surface area (Å²) >= 11 is 0. The number of rotatable bonds is 44. The predicted octanol–water partition coefficient (Wildman–Crippen LogP) is 14.3. The second kappa shape index (κ2) is 46.9. The van der Waals surface area contributed by atoms with Crippen molar-refractivity contribution in [2.45, 2.75) is 206 Å². The van der Waals surface area contributed by atoms with Gasteiger partial charge in [-0.25, -0.2) is 4.57 Å². The van der Waals surface area contributed by atoms with Crippen molar-refractivity contribution in [3.8, 4) is 0 Å².